The maximum absolute atomic E-state index is 10.8. The second-order valence-corrected chi connectivity index (χ2v) is 3.12. The van der Waals surface area contributed by atoms with Crippen LogP contribution in [0.1, 0.15) is 20.7 Å². The number of carboxylic acids is 3. The zero-order valence-electron chi connectivity index (χ0n) is 8.51. The molecule has 1 rings (SSSR count). The normalized spacial score (nSPS) is 9.65. The van der Waals surface area contributed by atoms with Crippen LogP contribution in [0.25, 0.3) is 0 Å². The number of aromatic carboxylic acids is 2. The highest BCUT2D eigenvalue weighted by Gasteiger charge is 2.16. The highest BCUT2D eigenvalue weighted by Crippen LogP contribution is 2.16. The lowest BCUT2D eigenvalue weighted by Crippen LogP contribution is -2.14. The van der Waals surface area contributed by atoms with Gasteiger partial charge in [-0.3, -0.25) is 4.79 Å². The standard InChI is InChI=1S/C10H9NO6/c12-8(13)4-11-5-1-2-6(9(14)15)7(3-5)10(16)17/h1-3,11H,4H2,(H,12,13)(H,14,15)(H,16,17). The van der Waals surface area contributed by atoms with E-state index in [1.54, 1.807) is 0 Å². The number of hydrogen-bond acceptors (Lipinski definition) is 4. The fourth-order valence-electron chi connectivity index (χ4n) is 1.20. The minimum absolute atomic E-state index is 0.231. The maximum atomic E-state index is 10.8. The first-order valence-electron chi connectivity index (χ1n) is 4.48. The van der Waals surface area contributed by atoms with Crippen molar-refractivity contribution in [3.63, 3.8) is 0 Å². The van der Waals surface area contributed by atoms with Crippen molar-refractivity contribution in [1.82, 2.24) is 0 Å². The average molecular weight is 239 g/mol. The molecule has 0 unspecified atom stereocenters. The smallest absolute Gasteiger partial charge is 0.336 e. The molecule has 4 N–H and O–H groups in total. The van der Waals surface area contributed by atoms with Crippen LogP contribution in [-0.2, 0) is 4.79 Å². The van der Waals surface area contributed by atoms with E-state index < -0.39 is 23.5 Å². The maximum Gasteiger partial charge on any atom is 0.336 e. The summed E-state index contributed by atoms with van der Waals surface area (Å²) >= 11 is 0. The molecule has 17 heavy (non-hydrogen) atoms. The summed E-state index contributed by atoms with van der Waals surface area (Å²) in [4.78, 5) is 31.8. The second-order valence-electron chi connectivity index (χ2n) is 3.12. The first kappa shape index (κ1) is 12.5. The van der Waals surface area contributed by atoms with Crippen LogP contribution in [0.3, 0.4) is 0 Å². The fourth-order valence-corrected chi connectivity index (χ4v) is 1.20. The van der Waals surface area contributed by atoms with Gasteiger partial charge in [0.25, 0.3) is 0 Å². The molecule has 7 heteroatoms. The van der Waals surface area contributed by atoms with Gasteiger partial charge in [0, 0.05) is 5.69 Å². The van der Waals surface area contributed by atoms with Crippen molar-refractivity contribution in [2.45, 2.75) is 0 Å². The van der Waals surface area contributed by atoms with Gasteiger partial charge in [-0.25, -0.2) is 9.59 Å². The number of anilines is 1. The predicted molar refractivity (Wildman–Crippen MR) is 56.5 cm³/mol. The van der Waals surface area contributed by atoms with Gasteiger partial charge in [0.15, 0.2) is 0 Å². The van der Waals surface area contributed by atoms with Gasteiger partial charge in [0.2, 0.25) is 0 Å². The molecule has 0 radical (unpaired) electrons. The number of carboxylic acid groups (broad SMARTS) is 3. The Hall–Kier alpha value is -2.57. The first-order chi connectivity index (χ1) is 7.91. The van der Waals surface area contributed by atoms with E-state index in [-0.39, 0.29) is 17.8 Å². The van der Waals surface area contributed by atoms with Gasteiger partial charge in [0.1, 0.15) is 6.54 Å². The van der Waals surface area contributed by atoms with Crippen LogP contribution in [0, 0.1) is 0 Å². The summed E-state index contributed by atoms with van der Waals surface area (Å²) in [5, 5.41) is 28.4. The molecule has 7 nitrogen and oxygen atoms in total. The lowest BCUT2D eigenvalue weighted by molar-refractivity contribution is -0.134. The number of benzene rings is 1. The van der Waals surface area contributed by atoms with E-state index in [1.807, 2.05) is 0 Å². The Morgan fingerprint density at radius 2 is 1.59 bits per heavy atom. The van der Waals surface area contributed by atoms with E-state index in [2.05, 4.69) is 5.32 Å². The Bertz CT molecular complexity index is 482. The lowest BCUT2D eigenvalue weighted by Gasteiger charge is -2.06. The molecule has 0 saturated heterocycles. The van der Waals surface area contributed by atoms with Crippen LogP contribution in [0.4, 0.5) is 5.69 Å². The van der Waals surface area contributed by atoms with Crippen molar-refractivity contribution in [3.8, 4) is 0 Å². The van der Waals surface area contributed by atoms with Crippen molar-refractivity contribution in [1.29, 1.82) is 0 Å². The number of rotatable bonds is 5. The van der Waals surface area contributed by atoms with Crippen LogP contribution in [0.15, 0.2) is 18.2 Å². The highest BCUT2D eigenvalue weighted by molar-refractivity contribution is 6.02. The molecular weight excluding hydrogens is 230 g/mol. The van der Waals surface area contributed by atoms with E-state index in [4.69, 9.17) is 15.3 Å². The molecule has 0 aliphatic carbocycles. The SMILES string of the molecule is O=C(O)CNc1ccc(C(=O)O)c(C(=O)O)c1. The fraction of sp³-hybridized carbons (Fsp3) is 0.100. The third-order valence-electron chi connectivity index (χ3n) is 1.92. The molecule has 0 amide bonds. The molecule has 90 valence electrons. The first-order valence-corrected chi connectivity index (χ1v) is 4.48. The highest BCUT2D eigenvalue weighted by atomic mass is 16.4. The molecule has 0 bridgehead atoms. The van der Waals surface area contributed by atoms with E-state index in [0.717, 1.165) is 12.1 Å². The van der Waals surface area contributed by atoms with Crippen molar-refractivity contribution in [3.05, 3.63) is 29.3 Å². The summed E-state index contributed by atoms with van der Waals surface area (Å²) in [5.41, 5.74) is -0.513. The molecule has 0 fully saturated rings. The van der Waals surface area contributed by atoms with Gasteiger partial charge in [-0.15, -0.1) is 0 Å². The van der Waals surface area contributed by atoms with Gasteiger partial charge in [-0.1, -0.05) is 0 Å². The Morgan fingerprint density at radius 3 is 2.06 bits per heavy atom. The average Bonchev–Trinajstić information content (AvgIpc) is 2.25. The second kappa shape index (κ2) is 4.97. The molecule has 0 aliphatic heterocycles. The van der Waals surface area contributed by atoms with Gasteiger partial charge < -0.3 is 20.6 Å². The van der Waals surface area contributed by atoms with Crippen molar-refractivity contribution in [2.24, 2.45) is 0 Å². The summed E-state index contributed by atoms with van der Waals surface area (Å²) in [6.45, 7) is -0.383. The van der Waals surface area contributed by atoms with Crippen LogP contribution in [-0.4, -0.2) is 39.8 Å². The zero-order valence-corrected chi connectivity index (χ0v) is 8.51. The number of hydrogen-bond donors (Lipinski definition) is 4. The summed E-state index contributed by atoms with van der Waals surface area (Å²) in [6.07, 6.45) is 0. The molecule has 0 atom stereocenters. The van der Waals surface area contributed by atoms with Crippen LogP contribution in [0.2, 0.25) is 0 Å². The Balaban J connectivity index is 3.05. The summed E-state index contributed by atoms with van der Waals surface area (Å²) < 4.78 is 0. The molecular formula is C10H9NO6. The van der Waals surface area contributed by atoms with Gasteiger partial charge in [-0.2, -0.15) is 0 Å². The third kappa shape index (κ3) is 3.20. The largest absolute Gasteiger partial charge is 0.480 e. The van der Waals surface area contributed by atoms with E-state index in [0.29, 0.717) is 0 Å². The van der Waals surface area contributed by atoms with Gasteiger partial charge in [-0.05, 0) is 18.2 Å². The molecule has 1 aromatic carbocycles. The minimum Gasteiger partial charge on any atom is -0.480 e. The molecule has 0 aromatic heterocycles. The lowest BCUT2D eigenvalue weighted by atomic mass is 10.1. The summed E-state index contributed by atoms with van der Waals surface area (Å²) in [7, 11) is 0. The molecule has 0 spiro atoms. The van der Waals surface area contributed by atoms with Crippen molar-refractivity contribution >= 4 is 23.6 Å². The number of carbonyl (C=O) groups is 3. The summed E-state index contributed by atoms with van der Waals surface area (Å²) in [6, 6.07) is 3.49. The molecule has 0 heterocycles. The predicted octanol–water partition coefficient (Wildman–Crippen LogP) is 0.579. The van der Waals surface area contributed by atoms with Crippen molar-refractivity contribution < 1.29 is 29.7 Å². The summed E-state index contributed by atoms with van der Waals surface area (Å²) in [5.74, 6) is -3.85. The number of aliphatic carboxylic acids is 1. The van der Waals surface area contributed by atoms with E-state index >= 15 is 0 Å². The van der Waals surface area contributed by atoms with Gasteiger partial charge in [0.05, 0.1) is 11.1 Å². The van der Waals surface area contributed by atoms with Crippen LogP contribution in [0.5, 0.6) is 0 Å². The van der Waals surface area contributed by atoms with Crippen LogP contribution >= 0.6 is 0 Å². The van der Waals surface area contributed by atoms with Crippen molar-refractivity contribution in [2.75, 3.05) is 11.9 Å². The molecule has 0 saturated carbocycles. The van der Waals surface area contributed by atoms with E-state index in [1.165, 1.54) is 6.07 Å². The third-order valence-corrected chi connectivity index (χ3v) is 1.92. The topological polar surface area (TPSA) is 124 Å². The van der Waals surface area contributed by atoms with Crippen LogP contribution < -0.4 is 5.32 Å². The Kier molecular flexibility index (Phi) is 3.66. The minimum atomic E-state index is -1.39. The zero-order chi connectivity index (χ0) is 13.0. The monoisotopic (exact) mass is 239 g/mol. The Labute approximate surface area is 95.3 Å². The van der Waals surface area contributed by atoms with E-state index in [9.17, 15) is 14.4 Å². The van der Waals surface area contributed by atoms with Gasteiger partial charge >= 0.3 is 17.9 Å². The number of nitrogens with one attached hydrogen (secondary N) is 1. The quantitative estimate of drug-likeness (QED) is 0.592. The molecule has 0 aliphatic rings. The Morgan fingerprint density at radius 1 is 1.00 bits per heavy atom. The molecule has 1 aromatic rings.